The molecule has 3 aromatic rings. The van der Waals surface area contributed by atoms with E-state index in [0.29, 0.717) is 11.8 Å². The van der Waals surface area contributed by atoms with Crippen molar-refractivity contribution in [2.45, 2.75) is 23.9 Å². The molecule has 1 radical (unpaired) electrons. The van der Waals surface area contributed by atoms with Gasteiger partial charge < -0.3 is 14.9 Å². The van der Waals surface area contributed by atoms with Crippen molar-refractivity contribution in [1.29, 1.82) is 0 Å². The molecule has 2 aromatic heterocycles. The first kappa shape index (κ1) is 32.2. The summed E-state index contributed by atoms with van der Waals surface area (Å²) in [7, 11) is 3.15. The molecule has 1 aliphatic carbocycles. The fourth-order valence-electron chi connectivity index (χ4n) is 3.19. The van der Waals surface area contributed by atoms with Crippen molar-refractivity contribution in [3.63, 3.8) is 0 Å². The zero-order valence-corrected chi connectivity index (χ0v) is 21.8. The molecule has 3 nitrogen and oxygen atoms in total. The molecule has 15 heteroatoms. The van der Waals surface area contributed by atoms with E-state index in [1.807, 2.05) is 0 Å². The van der Waals surface area contributed by atoms with Gasteiger partial charge in [-0.1, -0.05) is 29.5 Å². The summed E-state index contributed by atoms with van der Waals surface area (Å²) in [5.41, 5.74) is -4.36. The predicted octanol–water partition coefficient (Wildman–Crippen LogP) is 7.10. The summed E-state index contributed by atoms with van der Waals surface area (Å²) in [6, 6.07) is 9.34. The van der Waals surface area contributed by atoms with Crippen molar-refractivity contribution in [2.24, 2.45) is 0 Å². The first-order chi connectivity index (χ1) is 17.4. The van der Waals surface area contributed by atoms with Crippen LogP contribution in [-0.2, 0) is 26.3 Å². The van der Waals surface area contributed by atoms with Gasteiger partial charge in [0.15, 0.2) is 0 Å². The maximum absolute atomic E-state index is 13.7. The molecule has 2 heterocycles. The number of hydrogen-bond acceptors (Lipinski definition) is 3. The Morgan fingerprint density at radius 2 is 1.49 bits per heavy atom. The van der Waals surface area contributed by atoms with Crippen LogP contribution in [-0.4, -0.2) is 41.8 Å². The van der Waals surface area contributed by atoms with Crippen LogP contribution in [0.5, 0.6) is 0 Å². The van der Waals surface area contributed by atoms with Gasteiger partial charge in [-0.25, -0.2) is 8.78 Å². The number of nitrogens with zero attached hydrogens (tertiary/aromatic N) is 3. The zero-order chi connectivity index (χ0) is 28.7. The Labute approximate surface area is 227 Å². The van der Waals surface area contributed by atoms with E-state index in [2.05, 4.69) is 16.0 Å². The smallest absolute Gasteiger partial charge is 0.379 e. The molecule has 0 spiro atoms. The molecule has 0 N–H and O–H groups in total. The zero-order valence-electron chi connectivity index (χ0n) is 19.5. The molecule has 0 amide bonds. The van der Waals surface area contributed by atoms with E-state index in [-0.39, 0.29) is 25.8 Å². The van der Waals surface area contributed by atoms with Crippen molar-refractivity contribution in [3.05, 3.63) is 83.8 Å². The Hall–Kier alpha value is -3.06. The third kappa shape index (κ3) is 6.08. The Morgan fingerprint density at radius 1 is 0.872 bits per heavy atom. The minimum atomic E-state index is -5.52. The van der Waals surface area contributed by atoms with Crippen LogP contribution in [0.2, 0.25) is 0 Å². The monoisotopic (exact) mass is 746 g/mol. The van der Waals surface area contributed by atoms with E-state index in [4.69, 9.17) is 0 Å². The largest absolute Gasteiger partial charge is 0.405 e. The van der Waals surface area contributed by atoms with Gasteiger partial charge in [0, 0.05) is 57.8 Å². The fourth-order valence-corrected chi connectivity index (χ4v) is 3.19. The second-order valence-corrected chi connectivity index (χ2v) is 7.93. The fraction of sp³-hybridized carbons (Fsp3) is 0.250. The van der Waals surface area contributed by atoms with E-state index in [0.717, 1.165) is 18.3 Å². The van der Waals surface area contributed by atoms with Crippen molar-refractivity contribution >= 4 is 11.3 Å². The van der Waals surface area contributed by atoms with Crippen LogP contribution in [0.25, 0.3) is 16.8 Å². The summed E-state index contributed by atoms with van der Waals surface area (Å²) in [5, 5.41) is 0. The van der Waals surface area contributed by atoms with Gasteiger partial charge >= 0.3 is 18.0 Å². The maximum Gasteiger partial charge on any atom is 0.405 e. The maximum atomic E-state index is 13.7. The molecule has 0 bridgehead atoms. The van der Waals surface area contributed by atoms with E-state index < -0.39 is 58.0 Å². The molecule has 0 saturated carbocycles. The number of halogens is 11. The van der Waals surface area contributed by atoms with Crippen LogP contribution in [0.1, 0.15) is 11.3 Å². The second-order valence-electron chi connectivity index (χ2n) is 7.93. The van der Waals surface area contributed by atoms with Crippen molar-refractivity contribution < 1.29 is 68.4 Å². The Bertz CT molecular complexity index is 1340. The van der Waals surface area contributed by atoms with Crippen LogP contribution in [0.15, 0.2) is 48.8 Å². The summed E-state index contributed by atoms with van der Waals surface area (Å²) in [4.78, 5) is 8.65. The third-order valence-corrected chi connectivity index (χ3v) is 5.13. The summed E-state index contributed by atoms with van der Waals surface area (Å²) in [6.45, 7) is 0. The van der Waals surface area contributed by atoms with Gasteiger partial charge in [0.05, 0.1) is 11.6 Å². The number of pyridine rings is 2. The first-order valence-electron chi connectivity index (χ1n) is 10.2. The molecule has 0 fully saturated rings. The molecule has 213 valence electrons. The molecule has 1 aromatic carbocycles. The molecular formula is C24H14F11IrN3-2. The summed E-state index contributed by atoms with van der Waals surface area (Å²) in [6.07, 6.45) is -1.84. The standard InChI is InChI=1S/C12H9F6N2.C12H5F5N.Ir/c1-20(2)7-3-4-19-9(5-7)8-6-10(13,14)12(17,18)11(8,15)16;13-8-5-4-7(9-3-1-2-6-18-9)11(14)10(8)12(15,16)17;/h3-5H,1-2H3;1-3,5-6H;/q2*-1;. The quantitative estimate of drug-likeness (QED) is 0.212. The van der Waals surface area contributed by atoms with Crippen LogP contribution >= 0.6 is 0 Å². The molecule has 4 rings (SSSR count). The van der Waals surface area contributed by atoms with Gasteiger partial charge in [0.1, 0.15) is 0 Å². The topological polar surface area (TPSA) is 29.0 Å². The minimum Gasteiger partial charge on any atom is -0.379 e. The second kappa shape index (κ2) is 11.2. The van der Waals surface area contributed by atoms with Crippen molar-refractivity contribution in [1.82, 2.24) is 9.97 Å². The number of hydrogen-bond donors (Lipinski definition) is 0. The van der Waals surface area contributed by atoms with Crippen molar-refractivity contribution in [3.8, 4) is 11.3 Å². The third-order valence-electron chi connectivity index (χ3n) is 5.13. The first-order valence-corrected chi connectivity index (χ1v) is 10.2. The number of anilines is 1. The molecular weight excluding hydrogens is 731 g/mol. The SMILES string of the molecule is CN(C)c1ccnc(C2=[C-]C(F)(F)C(F)(F)C2(F)F)c1.Fc1c[c-]c(-c2ccccn2)c(F)c1C(F)(F)F.[Ir]. The molecule has 0 aliphatic heterocycles. The minimum absolute atomic E-state index is 0. The van der Waals surface area contributed by atoms with Crippen LogP contribution < -0.4 is 4.90 Å². The molecule has 0 unspecified atom stereocenters. The normalized spacial score (nSPS) is 16.9. The number of aromatic nitrogens is 2. The Kier molecular flexibility index (Phi) is 9.24. The number of alkyl halides is 9. The van der Waals surface area contributed by atoms with Crippen LogP contribution in [0.3, 0.4) is 0 Å². The number of allylic oxidation sites excluding steroid dienone is 2. The van der Waals surface area contributed by atoms with E-state index in [1.165, 1.54) is 35.4 Å². The van der Waals surface area contributed by atoms with Gasteiger partial charge in [-0.15, -0.1) is 17.7 Å². The van der Waals surface area contributed by atoms with Crippen LogP contribution in [0.4, 0.5) is 54.0 Å². The van der Waals surface area contributed by atoms with Gasteiger partial charge in [0.25, 0.3) is 5.92 Å². The number of benzene rings is 1. The Morgan fingerprint density at radius 3 is 1.97 bits per heavy atom. The Balaban J connectivity index is 0.000000268. The van der Waals surface area contributed by atoms with Crippen LogP contribution in [0, 0.1) is 23.8 Å². The molecule has 1 aliphatic rings. The summed E-state index contributed by atoms with van der Waals surface area (Å²) in [5.74, 6) is -19.0. The molecule has 0 saturated heterocycles. The van der Waals surface area contributed by atoms with E-state index >= 15 is 0 Å². The van der Waals surface area contributed by atoms with Gasteiger partial charge in [-0.3, -0.25) is 8.78 Å². The van der Waals surface area contributed by atoms with Gasteiger partial charge in [-0.2, -0.15) is 36.8 Å². The summed E-state index contributed by atoms with van der Waals surface area (Å²) < 4.78 is 143. The molecule has 39 heavy (non-hydrogen) atoms. The van der Waals surface area contributed by atoms with Gasteiger partial charge in [0.2, 0.25) is 0 Å². The number of rotatable bonds is 3. The average molecular weight is 746 g/mol. The molecule has 0 atom stereocenters. The van der Waals surface area contributed by atoms with Gasteiger partial charge in [-0.05, 0) is 17.8 Å². The van der Waals surface area contributed by atoms with Crippen molar-refractivity contribution in [2.75, 3.05) is 19.0 Å². The average Bonchev–Trinajstić information content (AvgIpc) is 2.95. The van der Waals surface area contributed by atoms with E-state index in [9.17, 15) is 48.3 Å². The summed E-state index contributed by atoms with van der Waals surface area (Å²) >= 11 is 0. The van der Waals surface area contributed by atoms with E-state index in [1.54, 1.807) is 14.1 Å². The predicted molar refractivity (Wildman–Crippen MR) is 113 cm³/mol.